The molecule has 0 aliphatic carbocycles. The number of hydrogen-bond donors (Lipinski definition) is 1. The zero-order chi connectivity index (χ0) is 18.8. The van der Waals surface area contributed by atoms with E-state index in [1.807, 2.05) is 36.1 Å². The summed E-state index contributed by atoms with van der Waals surface area (Å²) < 4.78 is 11.0. The van der Waals surface area contributed by atoms with Crippen LogP contribution in [0.25, 0.3) is 11.7 Å². The van der Waals surface area contributed by atoms with E-state index in [1.165, 1.54) is 0 Å². The van der Waals surface area contributed by atoms with Crippen molar-refractivity contribution in [3.8, 4) is 11.7 Å². The van der Waals surface area contributed by atoms with E-state index >= 15 is 0 Å². The van der Waals surface area contributed by atoms with Crippen molar-refractivity contribution < 1.29 is 13.6 Å². The van der Waals surface area contributed by atoms with Crippen molar-refractivity contribution in [2.45, 2.75) is 19.4 Å². The lowest BCUT2D eigenvalue weighted by Crippen LogP contribution is -2.49. The summed E-state index contributed by atoms with van der Waals surface area (Å²) in [7, 11) is 0. The Morgan fingerprint density at radius 2 is 2.07 bits per heavy atom. The van der Waals surface area contributed by atoms with Gasteiger partial charge in [0.2, 0.25) is 5.91 Å². The lowest BCUT2D eigenvalue weighted by Gasteiger charge is -2.37. The van der Waals surface area contributed by atoms with E-state index in [9.17, 15) is 4.79 Å². The lowest BCUT2D eigenvalue weighted by molar-refractivity contribution is -0.133. The van der Waals surface area contributed by atoms with Crippen LogP contribution in [0.3, 0.4) is 0 Å². The fourth-order valence-corrected chi connectivity index (χ4v) is 3.63. The molecular formula is C20H22Cl3N3O3. The van der Waals surface area contributed by atoms with Crippen LogP contribution in [0.2, 0.25) is 5.02 Å². The molecule has 1 saturated heterocycles. The highest BCUT2D eigenvalue weighted by molar-refractivity contribution is 6.31. The molecule has 1 aliphatic heterocycles. The second-order valence-corrected chi connectivity index (χ2v) is 6.91. The summed E-state index contributed by atoms with van der Waals surface area (Å²) in [5.41, 5.74) is 1.58. The number of hydrogen-bond acceptors (Lipinski definition) is 5. The van der Waals surface area contributed by atoms with E-state index in [1.54, 1.807) is 18.4 Å². The van der Waals surface area contributed by atoms with Crippen molar-refractivity contribution in [1.82, 2.24) is 15.2 Å². The monoisotopic (exact) mass is 457 g/mol. The molecule has 1 atom stereocenters. The number of carbonyl (C=O) groups excluding carboxylic acids is 1. The predicted octanol–water partition coefficient (Wildman–Crippen LogP) is 4.46. The van der Waals surface area contributed by atoms with Gasteiger partial charge in [-0.15, -0.1) is 24.8 Å². The van der Waals surface area contributed by atoms with Crippen LogP contribution in [0.1, 0.15) is 23.1 Å². The molecule has 1 unspecified atom stereocenters. The van der Waals surface area contributed by atoms with Gasteiger partial charge in [0.1, 0.15) is 5.76 Å². The number of aryl methyl sites for hydroxylation is 1. The molecule has 9 heteroatoms. The maximum atomic E-state index is 13.1. The second-order valence-electron chi connectivity index (χ2n) is 6.50. The van der Waals surface area contributed by atoms with Gasteiger partial charge in [0.15, 0.2) is 5.76 Å². The average molecular weight is 459 g/mol. The van der Waals surface area contributed by atoms with Gasteiger partial charge in [0.05, 0.1) is 24.4 Å². The van der Waals surface area contributed by atoms with Gasteiger partial charge in [-0.3, -0.25) is 4.79 Å². The number of nitrogens with zero attached hydrogens (tertiary/aromatic N) is 2. The van der Waals surface area contributed by atoms with Gasteiger partial charge in [-0.2, -0.15) is 0 Å². The first-order valence-electron chi connectivity index (χ1n) is 8.88. The summed E-state index contributed by atoms with van der Waals surface area (Å²) in [4.78, 5) is 19.4. The van der Waals surface area contributed by atoms with Crippen molar-refractivity contribution in [3.05, 3.63) is 64.7 Å². The van der Waals surface area contributed by atoms with Gasteiger partial charge in [0, 0.05) is 24.7 Å². The maximum absolute atomic E-state index is 13.1. The number of aromatic nitrogens is 1. The molecule has 0 bridgehead atoms. The van der Waals surface area contributed by atoms with Crippen LogP contribution >= 0.6 is 36.4 Å². The summed E-state index contributed by atoms with van der Waals surface area (Å²) in [5.74, 6) is 1.57. The molecular weight excluding hydrogens is 437 g/mol. The van der Waals surface area contributed by atoms with Crippen molar-refractivity contribution >= 4 is 42.3 Å². The largest absolute Gasteiger partial charge is 0.459 e. The molecule has 2 aromatic heterocycles. The third-order valence-electron chi connectivity index (χ3n) is 4.77. The lowest BCUT2D eigenvalue weighted by atomic mass is 10.0. The van der Waals surface area contributed by atoms with Crippen LogP contribution in [0.15, 0.2) is 51.5 Å². The van der Waals surface area contributed by atoms with Gasteiger partial charge < -0.3 is 19.1 Å². The molecule has 1 amide bonds. The molecule has 1 N–H and O–H groups in total. The van der Waals surface area contributed by atoms with E-state index < -0.39 is 0 Å². The Bertz CT molecular complexity index is 944. The Balaban J connectivity index is 0.00000150. The predicted molar refractivity (Wildman–Crippen MR) is 116 cm³/mol. The number of piperazine rings is 1. The molecule has 29 heavy (non-hydrogen) atoms. The van der Waals surface area contributed by atoms with Crippen molar-refractivity contribution in [2.75, 3.05) is 19.6 Å². The Morgan fingerprint density at radius 1 is 1.28 bits per heavy atom. The average Bonchev–Trinajstić information content (AvgIpc) is 3.33. The van der Waals surface area contributed by atoms with Crippen LogP contribution in [-0.4, -0.2) is 35.4 Å². The third-order valence-corrected chi connectivity index (χ3v) is 5.12. The summed E-state index contributed by atoms with van der Waals surface area (Å²) in [6.45, 7) is 3.86. The Hall–Kier alpha value is -1.99. The normalized spacial score (nSPS) is 16.1. The fourth-order valence-electron chi connectivity index (χ4n) is 3.37. The van der Waals surface area contributed by atoms with E-state index in [0.717, 1.165) is 12.1 Å². The summed E-state index contributed by atoms with van der Waals surface area (Å²) in [6, 6.07) is 11.1. The SMILES string of the molecule is Cc1oc(-c2ccco2)nc1CC(=O)N1CCNCC1c1ccccc1Cl.Cl.Cl. The minimum atomic E-state index is -0.100. The van der Waals surface area contributed by atoms with Crippen LogP contribution in [0, 0.1) is 6.92 Å². The smallest absolute Gasteiger partial charge is 0.263 e. The molecule has 3 heterocycles. The van der Waals surface area contributed by atoms with Gasteiger partial charge in [-0.1, -0.05) is 29.8 Å². The topological polar surface area (TPSA) is 71.5 Å². The third kappa shape index (κ3) is 4.95. The van der Waals surface area contributed by atoms with Crippen LogP contribution in [0.5, 0.6) is 0 Å². The van der Waals surface area contributed by atoms with Crippen molar-refractivity contribution in [3.63, 3.8) is 0 Å². The fraction of sp³-hybridized carbons (Fsp3) is 0.300. The minimum Gasteiger partial charge on any atom is -0.459 e. The molecule has 156 valence electrons. The minimum absolute atomic E-state index is 0. The molecule has 3 aromatic rings. The van der Waals surface area contributed by atoms with E-state index in [-0.39, 0.29) is 43.2 Å². The highest BCUT2D eigenvalue weighted by Gasteiger charge is 2.30. The number of carbonyl (C=O) groups is 1. The van der Waals surface area contributed by atoms with Crippen LogP contribution < -0.4 is 5.32 Å². The van der Waals surface area contributed by atoms with Gasteiger partial charge in [-0.25, -0.2) is 4.98 Å². The Morgan fingerprint density at radius 3 is 2.79 bits per heavy atom. The van der Waals surface area contributed by atoms with Crippen LogP contribution in [0.4, 0.5) is 0 Å². The second kappa shape index (κ2) is 10.2. The van der Waals surface area contributed by atoms with Crippen LogP contribution in [-0.2, 0) is 11.2 Å². The van der Waals surface area contributed by atoms with Gasteiger partial charge in [0.25, 0.3) is 5.89 Å². The maximum Gasteiger partial charge on any atom is 0.263 e. The van der Waals surface area contributed by atoms with E-state index in [0.29, 0.717) is 41.2 Å². The Labute approximate surface area is 186 Å². The summed E-state index contributed by atoms with van der Waals surface area (Å²) >= 11 is 6.37. The van der Waals surface area contributed by atoms with Crippen molar-refractivity contribution in [1.29, 1.82) is 0 Å². The number of rotatable bonds is 4. The first-order valence-corrected chi connectivity index (χ1v) is 9.26. The van der Waals surface area contributed by atoms with Crippen molar-refractivity contribution in [2.24, 2.45) is 0 Å². The Kier molecular flexibility index (Phi) is 8.16. The van der Waals surface area contributed by atoms with E-state index in [4.69, 9.17) is 20.4 Å². The molecule has 0 spiro atoms. The highest BCUT2D eigenvalue weighted by Crippen LogP contribution is 2.29. The van der Waals surface area contributed by atoms with E-state index in [2.05, 4.69) is 10.3 Å². The molecule has 6 nitrogen and oxygen atoms in total. The number of furan rings is 1. The zero-order valence-electron chi connectivity index (χ0n) is 15.8. The summed E-state index contributed by atoms with van der Waals surface area (Å²) in [5, 5.41) is 4.01. The molecule has 1 aromatic carbocycles. The molecule has 1 aliphatic rings. The van der Waals surface area contributed by atoms with Gasteiger partial charge in [-0.05, 0) is 30.7 Å². The molecule has 0 radical (unpaired) electrons. The number of oxazole rings is 1. The standard InChI is InChI=1S/C20H20ClN3O3.2ClH/c1-13-16(23-20(27-13)18-7-4-10-26-18)11-19(25)24-9-8-22-12-17(24)14-5-2-3-6-15(14)21;;/h2-7,10,17,22H,8-9,11-12H2,1H3;2*1H. The summed E-state index contributed by atoms with van der Waals surface area (Å²) in [6.07, 6.45) is 1.74. The van der Waals surface area contributed by atoms with Gasteiger partial charge >= 0.3 is 0 Å². The molecule has 0 saturated carbocycles. The number of nitrogens with one attached hydrogen (secondary N) is 1. The number of amides is 1. The first-order chi connectivity index (χ1) is 13.1. The number of benzene rings is 1. The quantitative estimate of drug-likeness (QED) is 0.625. The first kappa shape index (κ1) is 23.3. The molecule has 1 fully saturated rings. The zero-order valence-corrected chi connectivity index (χ0v) is 18.1. The number of halogens is 3. The highest BCUT2D eigenvalue weighted by atomic mass is 35.5. The molecule has 4 rings (SSSR count).